The van der Waals surface area contributed by atoms with Crippen LogP contribution in [0.5, 0.6) is 11.5 Å². The summed E-state index contributed by atoms with van der Waals surface area (Å²) in [5.41, 5.74) is 1.29. The predicted molar refractivity (Wildman–Crippen MR) is 74.9 cm³/mol. The van der Waals surface area contributed by atoms with E-state index in [9.17, 15) is 0 Å². The van der Waals surface area contributed by atoms with Gasteiger partial charge in [-0.2, -0.15) is 0 Å². The Balaban J connectivity index is 1.77. The van der Waals surface area contributed by atoms with Crippen LogP contribution in [0.1, 0.15) is 24.9 Å². The van der Waals surface area contributed by atoms with Crippen LogP contribution in [0, 0.1) is 0 Å². The summed E-state index contributed by atoms with van der Waals surface area (Å²) in [5.74, 6) is 1.75. The summed E-state index contributed by atoms with van der Waals surface area (Å²) in [7, 11) is 2.21. The molecule has 0 saturated carbocycles. The van der Waals surface area contributed by atoms with E-state index in [4.69, 9.17) is 9.47 Å². The van der Waals surface area contributed by atoms with Gasteiger partial charge in [0.15, 0.2) is 11.5 Å². The highest BCUT2D eigenvalue weighted by Crippen LogP contribution is 2.34. The van der Waals surface area contributed by atoms with Gasteiger partial charge in [-0.15, -0.1) is 0 Å². The van der Waals surface area contributed by atoms with E-state index >= 15 is 0 Å². The van der Waals surface area contributed by atoms with E-state index in [-0.39, 0.29) is 0 Å². The third-order valence-corrected chi connectivity index (χ3v) is 4.27. The molecule has 1 N–H and O–H groups in total. The van der Waals surface area contributed by atoms with Crippen LogP contribution in [0.4, 0.5) is 0 Å². The first-order valence-corrected chi connectivity index (χ1v) is 7.08. The monoisotopic (exact) mass is 262 g/mol. The highest BCUT2D eigenvalue weighted by molar-refractivity contribution is 5.44. The number of hydrogen-bond donors (Lipinski definition) is 1. The Morgan fingerprint density at radius 2 is 2.05 bits per heavy atom. The molecule has 0 bridgehead atoms. The minimum Gasteiger partial charge on any atom is -0.486 e. The lowest BCUT2D eigenvalue weighted by atomic mass is 10.0. The van der Waals surface area contributed by atoms with Gasteiger partial charge in [0, 0.05) is 18.6 Å². The molecular formula is C15H22N2O2. The summed E-state index contributed by atoms with van der Waals surface area (Å²) < 4.78 is 11.2. The topological polar surface area (TPSA) is 33.7 Å². The summed E-state index contributed by atoms with van der Waals surface area (Å²) in [5, 5.41) is 3.42. The fourth-order valence-electron chi connectivity index (χ4n) is 2.86. The first-order valence-electron chi connectivity index (χ1n) is 7.08. The Kier molecular flexibility index (Phi) is 3.62. The third kappa shape index (κ3) is 2.55. The van der Waals surface area contributed by atoms with E-state index < -0.39 is 0 Å². The van der Waals surface area contributed by atoms with Crippen LogP contribution in [0.3, 0.4) is 0 Å². The summed E-state index contributed by atoms with van der Waals surface area (Å²) >= 11 is 0. The van der Waals surface area contributed by atoms with Gasteiger partial charge in [-0.25, -0.2) is 0 Å². The largest absolute Gasteiger partial charge is 0.486 e. The number of nitrogens with one attached hydrogen (secondary N) is 1. The Bertz CT molecular complexity index is 444. The number of fused-ring (bicyclic) bond motifs is 1. The number of rotatable bonds is 3. The minimum absolute atomic E-state index is 0.390. The predicted octanol–water partition coefficient (Wildman–Crippen LogP) is 1.81. The molecular weight excluding hydrogens is 240 g/mol. The van der Waals surface area contributed by atoms with Crippen molar-refractivity contribution in [3.63, 3.8) is 0 Å². The van der Waals surface area contributed by atoms with E-state index in [0.717, 1.165) is 24.6 Å². The van der Waals surface area contributed by atoms with E-state index in [2.05, 4.69) is 36.3 Å². The zero-order chi connectivity index (χ0) is 13.2. The molecule has 0 aliphatic carbocycles. The van der Waals surface area contributed by atoms with Gasteiger partial charge >= 0.3 is 0 Å². The Morgan fingerprint density at radius 1 is 1.26 bits per heavy atom. The van der Waals surface area contributed by atoms with Crippen LogP contribution >= 0.6 is 0 Å². The average Bonchev–Trinajstić information content (AvgIpc) is 2.99. The molecule has 3 rings (SSSR count). The quantitative estimate of drug-likeness (QED) is 0.901. The third-order valence-electron chi connectivity index (χ3n) is 4.27. The van der Waals surface area contributed by atoms with Gasteiger partial charge < -0.3 is 14.8 Å². The molecule has 1 aromatic carbocycles. The normalized spacial score (nSPS) is 23.6. The molecule has 1 aromatic rings. The summed E-state index contributed by atoms with van der Waals surface area (Å²) in [6.45, 7) is 5.76. The van der Waals surface area contributed by atoms with Gasteiger partial charge in [0.25, 0.3) is 0 Å². The zero-order valence-electron chi connectivity index (χ0n) is 11.7. The maximum atomic E-state index is 5.66. The van der Waals surface area contributed by atoms with Crippen molar-refractivity contribution in [1.29, 1.82) is 0 Å². The van der Waals surface area contributed by atoms with Crippen molar-refractivity contribution < 1.29 is 9.47 Å². The van der Waals surface area contributed by atoms with Crippen molar-refractivity contribution in [3.05, 3.63) is 23.8 Å². The highest BCUT2D eigenvalue weighted by Gasteiger charge is 2.24. The van der Waals surface area contributed by atoms with Crippen LogP contribution < -0.4 is 14.8 Å². The maximum Gasteiger partial charge on any atom is 0.161 e. The van der Waals surface area contributed by atoms with E-state index in [1.165, 1.54) is 12.0 Å². The number of ether oxygens (including phenoxy) is 2. The Hall–Kier alpha value is -1.26. The fraction of sp³-hybridized carbons (Fsp3) is 0.600. The first-order chi connectivity index (χ1) is 9.25. The molecule has 2 unspecified atom stereocenters. The average molecular weight is 262 g/mol. The summed E-state index contributed by atoms with van der Waals surface area (Å²) in [6, 6.07) is 7.32. The Morgan fingerprint density at radius 3 is 2.79 bits per heavy atom. The zero-order valence-corrected chi connectivity index (χ0v) is 11.7. The summed E-state index contributed by atoms with van der Waals surface area (Å²) in [6.07, 6.45) is 1.23. The molecule has 0 aromatic heterocycles. The number of nitrogens with zero attached hydrogens (tertiary/aromatic N) is 1. The van der Waals surface area contributed by atoms with Crippen molar-refractivity contribution in [1.82, 2.24) is 10.2 Å². The van der Waals surface area contributed by atoms with Crippen LogP contribution in [0.15, 0.2) is 18.2 Å². The Labute approximate surface area is 114 Å². The molecule has 2 aliphatic heterocycles. The molecule has 1 saturated heterocycles. The van der Waals surface area contributed by atoms with Gasteiger partial charge in [-0.05, 0) is 44.6 Å². The molecule has 0 spiro atoms. The first kappa shape index (κ1) is 12.8. The fourth-order valence-corrected chi connectivity index (χ4v) is 2.86. The van der Waals surface area contributed by atoms with Crippen LogP contribution in [-0.4, -0.2) is 44.3 Å². The maximum absolute atomic E-state index is 5.66. The molecule has 4 nitrogen and oxygen atoms in total. The SMILES string of the molecule is CC(c1ccc2c(c1)OCCO2)N(C)C1CCNC1. The standard InChI is InChI=1S/C15H22N2O2/c1-11(17(2)13-5-6-16-10-13)12-3-4-14-15(9-12)19-8-7-18-14/h3-4,9,11,13,16H,5-8,10H2,1-2H3. The van der Waals surface area contributed by atoms with Crippen LogP contribution in [0.2, 0.25) is 0 Å². The van der Waals surface area contributed by atoms with Crippen molar-refractivity contribution in [3.8, 4) is 11.5 Å². The lowest BCUT2D eigenvalue weighted by molar-refractivity contribution is 0.169. The molecule has 0 radical (unpaired) electrons. The molecule has 4 heteroatoms. The van der Waals surface area contributed by atoms with Gasteiger partial charge in [-0.3, -0.25) is 4.90 Å². The minimum atomic E-state index is 0.390. The van der Waals surface area contributed by atoms with Crippen LogP contribution in [0.25, 0.3) is 0 Å². The van der Waals surface area contributed by atoms with E-state index in [0.29, 0.717) is 25.3 Å². The summed E-state index contributed by atoms with van der Waals surface area (Å²) in [4.78, 5) is 2.45. The van der Waals surface area contributed by atoms with Crippen molar-refractivity contribution in [2.24, 2.45) is 0 Å². The van der Waals surface area contributed by atoms with Crippen molar-refractivity contribution in [2.45, 2.75) is 25.4 Å². The van der Waals surface area contributed by atoms with Gasteiger partial charge in [0.2, 0.25) is 0 Å². The van der Waals surface area contributed by atoms with Crippen molar-refractivity contribution in [2.75, 3.05) is 33.4 Å². The van der Waals surface area contributed by atoms with Crippen molar-refractivity contribution >= 4 is 0 Å². The molecule has 2 aliphatic rings. The molecule has 1 fully saturated rings. The van der Waals surface area contributed by atoms with Gasteiger partial charge in [0.1, 0.15) is 13.2 Å². The second kappa shape index (κ2) is 5.39. The smallest absolute Gasteiger partial charge is 0.161 e. The molecule has 104 valence electrons. The van der Waals surface area contributed by atoms with Gasteiger partial charge in [0.05, 0.1) is 0 Å². The van der Waals surface area contributed by atoms with E-state index in [1.807, 2.05) is 6.07 Å². The second-order valence-electron chi connectivity index (χ2n) is 5.39. The lowest BCUT2D eigenvalue weighted by Gasteiger charge is -2.31. The molecule has 19 heavy (non-hydrogen) atoms. The highest BCUT2D eigenvalue weighted by atomic mass is 16.6. The number of hydrogen-bond acceptors (Lipinski definition) is 4. The van der Waals surface area contributed by atoms with Crippen LogP contribution in [-0.2, 0) is 0 Å². The second-order valence-corrected chi connectivity index (χ2v) is 5.39. The van der Waals surface area contributed by atoms with E-state index in [1.54, 1.807) is 0 Å². The lowest BCUT2D eigenvalue weighted by Crippen LogP contribution is -2.35. The molecule has 2 atom stereocenters. The number of benzene rings is 1. The molecule has 0 amide bonds. The number of likely N-dealkylation sites (N-methyl/N-ethyl adjacent to an activating group) is 1. The van der Waals surface area contributed by atoms with Gasteiger partial charge in [-0.1, -0.05) is 6.07 Å². The molecule has 2 heterocycles.